The molecular weight excluding hydrogens is 448 g/mol. The molecule has 3 rings (SSSR count). The molecule has 3 aromatic rings. The molecule has 0 radical (unpaired) electrons. The predicted octanol–water partition coefficient (Wildman–Crippen LogP) is 4.17. The topological polar surface area (TPSA) is 101 Å². The van der Waals surface area contributed by atoms with E-state index in [0.29, 0.717) is 6.54 Å². The van der Waals surface area contributed by atoms with E-state index in [9.17, 15) is 14.4 Å². The molecule has 0 atom stereocenters. The van der Waals surface area contributed by atoms with Crippen LogP contribution in [0.1, 0.15) is 42.0 Å². The number of nitrogen functional groups attached to an aromatic ring is 1. The van der Waals surface area contributed by atoms with Gasteiger partial charge in [0.05, 0.1) is 12.3 Å². The van der Waals surface area contributed by atoms with Crippen molar-refractivity contribution < 1.29 is 4.79 Å². The lowest BCUT2D eigenvalue weighted by molar-refractivity contribution is -0.116. The Labute approximate surface area is 204 Å². The van der Waals surface area contributed by atoms with Crippen molar-refractivity contribution in [3.8, 4) is 0 Å². The van der Waals surface area contributed by atoms with E-state index < -0.39 is 11.2 Å². The molecule has 0 bridgehead atoms. The van der Waals surface area contributed by atoms with Crippen molar-refractivity contribution in [2.24, 2.45) is 0 Å². The smallest absolute Gasteiger partial charge is 0.330 e. The van der Waals surface area contributed by atoms with Crippen molar-refractivity contribution in [2.75, 3.05) is 16.4 Å². The Bertz CT molecular complexity index is 1260. The van der Waals surface area contributed by atoms with Crippen molar-refractivity contribution in [2.45, 2.75) is 58.5 Å². The van der Waals surface area contributed by atoms with Crippen LogP contribution < -0.4 is 21.9 Å². The molecule has 1 aromatic heterocycles. The summed E-state index contributed by atoms with van der Waals surface area (Å²) in [6.45, 7) is 8.65. The van der Waals surface area contributed by atoms with Crippen LogP contribution in [0.25, 0.3) is 0 Å². The molecule has 1 heterocycles. The van der Waals surface area contributed by atoms with Gasteiger partial charge in [-0.2, -0.15) is 0 Å². The van der Waals surface area contributed by atoms with Gasteiger partial charge in [-0.25, -0.2) is 4.79 Å². The number of thioether (sulfide) groups is 1. The molecule has 0 spiro atoms. The van der Waals surface area contributed by atoms with Gasteiger partial charge in [-0.05, 0) is 43.9 Å². The Morgan fingerprint density at radius 1 is 1.09 bits per heavy atom. The average Bonchev–Trinajstić information content (AvgIpc) is 2.78. The third-order valence-corrected chi connectivity index (χ3v) is 6.97. The minimum atomic E-state index is -0.660. The third kappa shape index (κ3) is 5.80. The van der Waals surface area contributed by atoms with Gasteiger partial charge < -0.3 is 5.73 Å². The Morgan fingerprint density at radius 2 is 1.74 bits per heavy atom. The molecule has 0 unspecified atom stereocenters. The number of carbonyl (C=O) groups is 1. The fourth-order valence-corrected chi connectivity index (χ4v) is 5.04. The van der Waals surface area contributed by atoms with Crippen LogP contribution in [0.15, 0.2) is 56.9 Å². The van der Waals surface area contributed by atoms with Crippen LogP contribution in [0.3, 0.4) is 0 Å². The maximum absolute atomic E-state index is 13.5. The maximum atomic E-state index is 13.5. The Kier molecular flexibility index (Phi) is 8.39. The molecular formula is C26H32N4O3S. The standard InChI is InChI=1S/C26H32N4O3S/c1-5-6-12-29-24(27)22(25(32)28-26(29)33)30(15-20-10-8-7-9-11-20)21(31)16-34-23-18(3)13-17(2)14-19(23)4/h7-11,13-14H,5-6,12,15-16,27H2,1-4H3,(H,28,32,33). The van der Waals surface area contributed by atoms with E-state index in [1.54, 1.807) is 0 Å². The highest BCUT2D eigenvalue weighted by molar-refractivity contribution is 8.00. The summed E-state index contributed by atoms with van der Waals surface area (Å²) >= 11 is 1.44. The summed E-state index contributed by atoms with van der Waals surface area (Å²) in [6, 6.07) is 13.6. The van der Waals surface area contributed by atoms with Crippen molar-refractivity contribution in [1.29, 1.82) is 0 Å². The van der Waals surface area contributed by atoms with Gasteiger partial charge in [-0.1, -0.05) is 61.4 Å². The molecule has 34 heavy (non-hydrogen) atoms. The summed E-state index contributed by atoms with van der Waals surface area (Å²) in [5, 5.41) is 0. The van der Waals surface area contributed by atoms with Crippen molar-refractivity contribution in [3.05, 3.63) is 85.6 Å². The molecule has 0 aliphatic heterocycles. The number of nitrogens with one attached hydrogen (secondary N) is 1. The van der Waals surface area contributed by atoms with Gasteiger partial charge >= 0.3 is 5.69 Å². The number of aromatic nitrogens is 2. The van der Waals surface area contributed by atoms with E-state index in [0.717, 1.165) is 34.4 Å². The Hall–Kier alpha value is -3.26. The molecule has 0 aliphatic rings. The molecule has 3 N–H and O–H groups in total. The minimum Gasteiger partial charge on any atom is -0.383 e. The number of nitrogens with zero attached hydrogens (tertiary/aromatic N) is 2. The van der Waals surface area contributed by atoms with Crippen LogP contribution in [0.5, 0.6) is 0 Å². The first kappa shape index (κ1) is 25.4. The molecule has 180 valence electrons. The molecule has 1 amide bonds. The van der Waals surface area contributed by atoms with Crippen LogP contribution in [-0.2, 0) is 17.9 Å². The largest absolute Gasteiger partial charge is 0.383 e. The summed E-state index contributed by atoms with van der Waals surface area (Å²) in [6.07, 6.45) is 1.59. The highest BCUT2D eigenvalue weighted by atomic mass is 32.2. The van der Waals surface area contributed by atoms with Gasteiger partial charge in [0.2, 0.25) is 5.91 Å². The quantitative estimate of drug-likeness (QED) is 0.448. The zero-order valence-corrected chi connectivity index (χ0v) is 21.0. The van der Waals surface area contributed by atoms with Gasteiger partial charge in [0.1, 0.15) is 5.82 Å². The maximum Gasteiger partial charge on any atom is 0.330 e. The average molecular weight is 481 g/mol. The van der Waals surface area contributed by atoms with Crippen LogP contribution in [0, 0.1) is 20.8 Å². The van der Waals surface area contributed by atoms with E-state index in [-0.39, 0.29) is 29.7 Å². The second kappa shape index (κ2) is 11.2. The fraction of sp³-hybridized carbons (Fsp3) is 0.346. The number of benzene rings is 2. The third-order valence-electron chi connectivity index (χ3n) is 5.65. The van der Waals surface area contributed by atoms with Gasteiger partial charge in [-0.3, -0.25) is 24.0 Å². The van der Waals surface area contributed by atoms with Gasteiger partial charge in [0.15, 0.2) is 5.69 Å². The first-order valence-corrected chi connectivity index (χ1v) is 12.4. The van der Waals surface area contributed by atoms with E-state index in [4.69, 9.17) is 5.73 Å². The molecule has 0 saturated carbocycles. The number of anilines is 2. The number of H-pyrrole nitrogens is 1. The number of amides is 1. The molecule has 0 saturated heterocycles. The SMILES string of the molecule is CCCCn1c(N)c(N(Cc2ccccc2)C(=O)CSc2c(C)cc(C)cc2C)c(=O)[nH]c1=O. The van der Waals surface area contributed by atoms with Crippen molar-refractivity contribution >= 4 is 29.2 Å². The lowest BCUT2D eigenvalue weighted by Gasteiger charge is -2.25. The summed E-state index contributed by atoms with van der Waals surface area (Å²) in [5.74, 6) is -0.116. The van der Waals surface area contributed by atoms with E-state index in [2.05, 4.69) is 17.1 Å². The van der Waals surface area contributed by atoms with Crippen LogP contribution >= 0.6 is 11.8 Å². The number of hydrogen-bond acceptors (Lipinski definition) is 5. The monoisotopic (exact) mass is 480 g/mol. The Balaban J connectivity index is 2.00. The minimum absolute atomic E-state index is 0.0131. The number of aryl methyl sites for hydroxylation is 3. The predicted molar refractivity (Wildman–Crippen MR) is 140 cm³/mol. The van der Waals surface area contributed by atoms with Crippen molar-refractivity contribution in [3.63, 3.8) is 0 Å². The van der Waals surface area contributed by atoms with Crippen LogP contribution in [0.2, 0.25) is 0 Å². The highest BCUT2D eigenvalue weighted by Gasteiger charge is 2.25. The number of nitrogens with two attached hydrogens (primary N) is 1. The first-order chi connectivity index (χ1) is 16.2. The molecule has 8 heteroatoms. The number of unbranched alkanes of at least 4 members (excludes halogenated alkanes) is 1. The van der Waals surface area contributed by atoms with Crippen LogP contribution in [0.4, 0.5) is 11.5 Å². The van der Waals surface area contributed by atoms with E-state index >= 15 is 0 Å². The summed E-state index contributed by atoms with van der Waals surface area (Å²) in [7, 11) is 0. The van der Waals surface area contributed by atoms with Crippen LogP contribution in [-0.4, -0.2) is 21.2 Å². The molecule has 2 aromatic carbocycles. The number of rotatable bonds is 9. The zero-order chi connectivity index (χ0) is 24.8. The fourth-order valence-electron chi connectivity index (χ4n) is 4.04. The zero-order valence-electron chi connectivity index (χ0n) is 20.2. The Morgan fingerprint density at radius 3 is 2.35 bits per heavy atom. The number of carbonyl (C=O) groups excluding carboxylic acids is 1. The highest BCUT2D eigenvalue weighted by Crippen LogP contribution is 2.29. The second-order valence-electron chi connectivity index (χ2n) is 8.48. The first-order valence-electron chi connectivity index (χ1n) is 11.4. The van der Waals surface area contributed by atoms with Gasteiger partial charge in [-0.15, -0.1) is 11.8 Å². The van der Waals surface area contributed by atoms with Gasteiger partial charge in [0.25, 0.3) is 5.56 Å². The second-order valence-corrected chi connectivity index (χ2v) is 9.47. The normalized spacial score (nSPS) is 10.9. The summed E-state index contributed by atoms with van der Waals surface area (Å²) in [5.41, 5.74) is 9.37. The molecule has 0 aliphatic carbocycles. The summed E-state index contributed by atoms with van der Waals surface area (Å²) < 4.78 is 1.34. The lowest BCUT2D eigenvalue weighted by Crippen LogP contribution is -2.41. The van der Waals surface area contributed by atoms with Crippen molar-refractivity contribution in [1.82, 2.24) is 9.55 Å². The van der Waals surface area contributed by atoms with E-state index in [1.165, 1.54) is 26.8 Å². The molecule has 7 nitrogen and oxygen atoms in total. The van der Waals surface area contributed by atoms with E-state index in [1.807, 2.05) is 58.0 Å². The number of aromatic amines is 1. The lowest BCUT2D eigenvalue weighted by atomic mass is 10.1. The molecule has 0 fully saturated rings. The summed E-state index contributed by atoms with van der Waals surface area (Å²) in [4.78, 5) is 43.6. The number of hydrogen-bond donors (Lipinski definition) is 2. The van der Waals surface area contributed by atoms with Gasteiger partial charge in [0, 0.05) is 11.4 Å².